The highest BCUT2D eigenvalue weighted by Crippen LogP contribution is 2.34. The summed E-state index contributed by atoms with van der Waals surface area (Å²) < 4.78 is 0. The highest BCUT2D eigenvalue weighted by molar-refractivity contribution is 6.28. The monoisotopic (exact) mass is 346 g/mol. The van der Waals surface area contributed by atoms with Gasteiger partial charge in [-0.05, 0) is 24.6 Å². The van der Waals surface area contributed by atoms with E-state index in [-0.39, 0.29) is 11.9 Å². The number of amides is 2. The van der Waals surface area contributed by atoms with Crippen molar-refractivity contribution in [1.82, 2.24) is 5.01 Å². The second kappa shape index (κ2) is 6.55. The fraction of sp³-hybridized carbons (Fsp3) is 0.200. The standard InChI is InChI=1S/C20H18N4O2/c1-14-19(20(26)24(21-14)16-10-6-3-7-11-16)17-12-18(23(13-25)22-17)15-8-4-2-5-9-15/h2-11,13,18-19H,12H2,1H3. The first-order valence-electron chi connectivity index (χ1n) is 8.49. The number of anilines is 1. The highest BCUT2D eigenvalue weighted by atomic mass is 16.2. The third kappa shape index (κ3) is 2.69. The Kier molecular flexibility index (Phi) is 4.08. The van der Waals surface area contributed by atoms with Crippen molar-refractivity contribution in [2.75, 3.05) is 5.01 Å². The average Bonchev–Trinajstić information content (AvgIpc) is 3.23. The van der Waals surface area contributed by atoms with Crippen LogP contribution in [0.1, 0.15) is 24.9 Å². The fourth-order valence-electron chi connectivity index (χ4n) is 3.47. The first kappa shape index (κ1) is 16.2. The lowest BCUT2D eigenvalue weighted by atomic mass is 9.92. The van der Waals surface area contributed by atoms with E-state index in [9.17, 15) is 9.59 Å². The van der Waals surface area contributed by atoms with E-state index in [2.05, 4.69) is 10.2 Å². The molecule has 2 aliphatic rings. The summed E-state index contributed by atoms with van der Waals surface area (Å²) in [5.74, 6) is -0.654. The minimum absolute atomic E-state index is 0.132. The third-order valence-corrected chi connectivity index (χ3v) is 4.72. The lowest BCUT2D eigenvalue weighted by Gasteiger charge is -2.17. The normalized spacial score (nSPS) is 22.4. The summed E-state index contributed by atoms with van der Waals surface area (Å²) in [6, 6.07) is 18.9. The fourth-order valence-corrected chi connectivity index (χ4v) is 3.47. The Morgan fingerprint density at radius 3 is 2.31 bits per heavy atom. The minimum atomic E-state index is -0.522. The number of rotatable bonds is 4. The Morgan fingerprint density at radius 1 is 1.00 bits per heavy atom. The second-order valence-electron chi connectivity index (χ2n) is 6.37. The molecule has 0 aliphatic carbocycles. The molecule has 0 saturated carbocycles. The number of hydrogen-bond acceptors (Lipinski definition) is 4. The molecule has 2 aromatic rings. The lowest BCUT2D eigenvalue weighted by Crippen LogP contribution is -2.32. The number of hydrazone groups is 2. The summed E-state index contributed by atoms with van der Waals surface area (Å²) in [5.41, 5.74) is 3.09. The molecule has 2 amide bonds. The molecule has 0 aromatic heterocycles. The van der Waals surface area contributed by atoms with Gasteiger partial charge in [-0.1, -0.05) is 48.5 Å². The van der Waals surface area contributed by atoms with Gasteiger partial charge in [-0.25, -0.2) is 5.01 Å². The number of carbonyl (C=O) groups is 2. The lowest BCUT2D eigenvalue weighted by molar-refractivity contribution is -0.120. The van der Waals surface area contributed by atoms with E-state index in [4.69, 9.17) is 0 Å². The van der Waals surface area contributed by atoms with Crippen LogP contribution in [-0.2, 0) is 9.59 Å². The summed E-state index contributed by atoms with van der Waals surface area (Å²) in [7, 11) is 0. The molecular formula is C20H18N4O2. The van der Waals surface area contributed by atoms with E-state index in [1.54, 1.807) is 0 Å². The molecule has 2 atom stereocenters. The zero-order valence-electron chi connectivity index (χ0n) is 14.3. The summed E-state index contributed by atoms with van der Waals surface area (Å²) in [6.07, 6.45) is 1.24. The van der Waals surface area contributed by atoms with Gasteiger partial charge < -0.3 is 0 Å². The molecule has 2 aliphatic heterocycles. The van der Waals surface area contributed by atoms with E-state index in [0.717, 1.165) is 11.3 Å². The number of nitrogens with zero attached hydrogens (tertiary/aromatic N) is 4. The SMILES string of the molecule is CC1=NN(c2ccccc2)C(=O)C1C1=NN(C=O)C(c2ccccc2)C1. The van der Waals surface area contributed by atoms with Crippen LogP contribution in [0, 0.1) is 5.92 Å². The Hall–Kier alpha value is -3.28. The molecule has 26 heavy (non-hydrogen) atoms. The second-order valence-corrected chi connectivity index (χ2v) is 6.37. The average molecular weight is 346 g/mol. The predicted octanol–water partition coefficient (Wildman–Crippen LogP) is 2.98. The van der Waals surface area contributed by atoms with Crippen molar-refractivity contribution in [2.24, 2.45) is 16.1 Å². The van der Waals surface area contributed by atoms with Crippen molar-refractivity contribution < 1.29 is 9.59 Å². The van der Waals surface area contributed by atoms with Gasteiger partial charge in [-0.2, -0.15) is 15.2 Å². The molecule has 6 heteroatoms. The summed E-state index contributed by atoms with van der Waals surface area (Å²) in [5, 5.41) is 11.7. The van der Waals surface area contributed by atoms with E-state index in [1.165, 1.54) is 10.0 Å². The Morgan fingerprint density at radius 2 is 1.65 bits per heavy atom. The van der Waals surface area contributed by atoms with Crippen LogP contribution in [-0.4, -0.2) is 28.7 Å². The van der Waals surface area contributed by atoms with Crippen LogP contribution in [0.3, 0.4) is 0 Å². The summed E-state index contributed by atoms with van der Waals surface area (Å²) in [4.78, 5) is 24.5. The van der Waals surface area contributed by atoms with Gasteiger partial charge in [-0.15, -0.1) is 0 Å². The molecule has 0 radical (unpaired) electrons. The molecular weight excluding hydrogens is 328 g/mol. The third-order valence-electron chi connectivity index (χ3n) is 4.72. The molecule has 0 spiro atoms. The molecule has 4 rings (SSSR count). The van der Waals surface area contributed by atoms with Gasteiger partial charge in [0, 0.05) is 6.42 Å². The van der Waals surface area contributed by atoms with E-state index in [1.807, 2.05) is 67.6 Å². The van der Waals surface area contributed by atoms with Crippen molar-refractivity contribution in [1.29, 1.82) is 0 Å². The van der Waals surface area contributed by atoms with Gasteiger partial charge in [0.1, 0.15) is 5.92 Å². The van der Waals surface area contributed by atoms with Crippen molar-refractivity contribution in [3.8, 4) is 0 Å². The smallest absolute Gasteiger partial charge is 0.262 e. The van der Waals surface area contributed by atoms with Crippen LogP contribution in [0.15, 0.2) is 70.9 Å². The number of benzene rings is 2. The number of para-hydroxylation sites is 1. The van der Waals surface area contributed by atoms with Gasteiger partial charge in [-0.3, -0.25) is 9.59 Å². The van der Waals surface area contributed by atoms with Crippen LogP contribution in [0.2, 0.25) is 0 Å². The predicted molar refractivity (Wildman–Crippen MR) is 99.7 cm³/mol. The van der Waals surface area contributed by atoms with Crippen LogP contribution in [0.25, 0.3) is 0 Å². The molecule has 6 nitrogen and oxygen atoms in total. The van der Waals surface area contributed by atoms with Crippen molar-refractivity contribution >= 4 is 29.4 Å². The quantitative estimate of drug-likeness (QED) is 0.799. The van der Waals surface area contributed by atoms with E-state index < -0.39 is 5.92 Å². The maximum atomic E-state index is 13.0. The largest absolute Gasteiger partial charge is 0.277 e. The maximum Gasteiger partial charge on any atom is 0.262 e. The molecule has 2 aromatic carbocycles. The van der Waals surface area contributed by atoms with Crippen molar-refractivity contribution in [2.45, 2.75) is 19.4 Å². The Labute approximate surface area is 151 Å². The van der Waals surface area contributed by atoms with Crippen LogP contribution in [0.4, 0.5) is 5.69 Å². The maximum absolute atomic E-state index is 13.0. The van der Waals surface area contributed by atoms with Crippen LogP contribution in [0.5, 0.6) is 0 Å². The Bertz CT molecular complexity index is 893. The molecule has 130 valence electrons. The highest BCUT2D eigenvalue weighted by Gasteiger charge is 2.42. The first-order chi connectivity index (χ1) is 12.7. The van der Waals surface area contributed by atoms with Gasteiger partial charge in [0.2, 0.25) is 6.41 Å². The molecule has 0 saturated heterocycles. The molecule has 0 bridgehead atoms. The van der Waals surface area contributed by atoms with Gasteiger partial charge >= 0.3 is 0 Å². The van der Waals surface area contributed by atoms with Crippen molar-refractivity contribution in [3.63, 3.8) is 0 Å². The Balaban J connectivity index is 1.61. The zero-order chi connectivity index (χ0) is 18.1. The topological polar surface area (TPSA) is 65.3 Å². The number of hydrogen-bond donors (Lipinski definition) is 0. The van der Waals surface area contributed by atoms with Crippen LogP contribution < -0.4 is 5.01 Å². The van der Waals surface area contributed by atoms with Crippen molar-refractivity contribution in [3.05, 3.63) is 66.2 Å². The van der Waals surface area contributed by atoms with Gasteiger partial charge in [0.05, 0.1) is 23.2 Å². The van der Waals surface area contributed by atoms with Crippen LogP contribution >= 0.6 is 0 Å². The number of carbonyl (C=O) groups excluding carboxylic acids is 2. The van der Waals surface area contributed by atoms with Gasteiger partial charge in [0.25, 0.3) is 5.91 Å². The van der Waals surface area contributed by atoms with E-state index in [0.29, 0.717) is 24.3 Å². The summed E-state index contributed by atoms with van der Waals surface area (Å²) >= 11 is 0. The van der Waals surface area contributed by atoms with E-state index >= 15 is 0 Å². The molecule has 2 unspecified atom stereocenters. The molecule has 0 N–H and O–H groups in total. The first-order valence-corrected chi connectivity index (χ1v) is 8.49. The van der Waals surface area contributed by atoms with Gasteiger partial charge in [0.15, 0.2) is 0 Å². The molecule has 0 fully saturated rings. The summed E-state index contributed by atoms with van der Waals surface area (Å²) in [6.45, 7) is 1.83. The zero-order valence-corrected chi connectivity index (χ0v) is 14.3. The molecule has 2 heterocycles. The minimum Gasteiger partial charge on any atom is -0.277 e.